The molecule has 0 radical (unpaired) electrons. The third-order valence-corrected chi connectivity index (χ3v) is 3.86. The van der Waals surface area contributed by atoms with Crippen molar-refractivity contribution in [3.8, 4) is 0 Å². The lowest BCUT2D eigenvalue weighted by Gasteiger charge is -2.40. The number of ketones is 1. The molecule has 0 aromatic carbocycles. The van der Waals surface area contributed by atoms with Crippen molar-refractivity contribution in [3.05, 3.63) is 23.5 Å². The van der Waals surface area contributed by atoms with E-state index in [9.17, 15) is 14.4 Å². The molecule has 2 rings (SSSR count). The number of aromatic amines is 1. The maximum atomic E-state index is 12.6. The minimum Gasteiger partial charge on any atom is -0.444 e. The van der Waals surface area contributed by atoms with Gasteiger partial charge >= 0.3 is 6.09 Å². The van der Waals surface area contributed by atoms with Crippen molar-refractivity contribution in [1.29, 1.82) is 0 Å². The number of carbonyl (C=O) groups is 3. The van der Waals surface area contributed by atoms with E-state index < -0.39 is 5.60 Å². The van der Waals surface area contributed by atoms with Crippen LogP contribution in [0.3, 0.4) is 0 Å². The van der Waals surface area contributed by atoms with E-state index in [2.05, 4.69) is 4.98 Å². The summed E-state index contributed by atoms with van der Waals surface area (Å²) in [7, 11) is 0. The Morgan fingerprint density at radius 1 is 1.25 bits per heavy atom. The zero-order chi connectivity index (χ0) is 18.1. The third-order valence-electron chi connectivity index (χ3n) is 3.86. The number of nitrogens with zero attached hydrogens (tertiary/aromatic N) is 2. The highest BCUT2D eigenvalue weighted by Gasteiger charge is 2.32. The summed E-state index contributed by atoms with van der Waals surface area (Å²) in [4.78, 5) is 42.3. The van der Waals surface area contributed by atoms with Crippen molar-refractivity contribution in [3.63, 3.8) is 0 Å². The summed E-state index contributed by atoms with van der Waals surface area (Å²) in [6.07, 6.45) is 1.18. The Kier molecular flexibility index (Phi) is 5.01. The number of ether oxygens (including phenoxy) is 1. The molecule has 1 aliphatic heterocycles. The van der Waals surface area contributed by atoms with Crippen molar-refractivity contribution >= 4 is 17.8 Å². The van der Waals surface area contributed by atoms with Gasteiger partial charge in [-0.3, -0.25) is 9.59 Å². The number of piperazine rings is 1. The lowest BCUT2D eigenvalue weighted by molar-refractivity contribution is 0.00607. The summed E-state index contributed by atoms with van der Waals surface area (Å²) >= 11 is 0. The fraction of sp³-hybridized carbons (Fsp3) is 0.588. The van der Waals surface area contributed by atoms with Gasteiger partial charge in [0.05, 0.1) is 0 Å². The first-order valence-corrected chi connectivity index (χ1v) is 8.07. The van der Waals surface area contributed by atoms with E-state index in [0.717, 1.165) is 0 Å². The van der Waals surface area contributed by atoms with Crippen molar-refractivity contribution in [2.45, 2.75) is 46.3 Å². The molecule has 1 aliphatic rings. The fourth-order valence-electron chi connectivity index (χ4n) is 2.63. The van der Waals surface area contributed by atoms with Gasteiger partial charge in [0.1, 0.15) is 11.3 Å². The number of carbonyl (C=O) groups excluding carboxylic acids is 3. The van der Waals surface area contributed by atoms with E-state index in [1.165, 1.54) is 13.1 Å². The lowest BCUT2D eigenvalue weighted by Crippen LogP contribution is -2.56. The molecule has 24 heavy (non-hydrogen) atoms. The first-order valence-electron chi connectivity index (χ1n) is 8.07. The molecule has 132 valence electrons. The molecule has 0 saturated carbocycles. The molecule has 1 fully saturated rings. The molecule has 1 aromatic rings. The van der Waals surface area contributed by atoms with E-state index in [1.54, 1.807) is 15.9 Å². The quantitative estimate of drug-likeness (QED) is 0.841. The van der Waals surface area contributed by atoms with Crippen LogP contribution >= 0.6 is 0 Å². The van der Waals surface area contributed by atoms with E-state index in [-0.39, 0.29) is 23.8 Å². The van der Waals surface area contributed by atoms with Gasteiger partial charge in [-0.1, -0.05) is 0 Å². The van der Waals surface area contributed by atoms with Gasteiger partial charge < -0.3 is 19.5 Å². The maximum absolute atomic E-state index is 12.6. The minimum atomic E-state index is -0.541. The van der Waals surface area contributed by atoms with Gasteiger partial charge in [-0.05, 0) is 40.7 Å². The smallest absolute Gasteiger partial charge is 0.410 e. The highest BCUT2D eigenvalue weighted by Crippen LogP contribution is 2.17. The van der Waals surface area contributed by atoms with Crippen LogP contribution in [-0.4, -0.2) is 63.8 Å². The van der Waals surface area contributed by atoms with Crippen molar-refractivity contribution in [2.75, 3.05) is 19.6 Å². The normalized spacial score (nSPS) is 18.5. The second-order valence-corrected chi connectivity index (χ2v) is 7.13. The monoisotopic (exact) mass is 335 g/mol. The first-order chi connectivity index (χ1) is 11.1. The predicted octanol–water partition coefficient (Wildman–Crippen LogP) is 2.30. The summed E-state index contributed by atoms with van der Waals surface area (Å²) in [5.41, 5.74) is 0.330. The van der Waals surface area contributed by atoms with Crippen LogP contribution in [0, 0.1) is 0 Å². The number of nitrogens with one attached hydrogen (secondary N) is 1. The zero-order valence-electron chi connectivity index (χ0n) is 14.9. The second kappa shape index (κ2) is 6.67. The van der Waals surface area contributed by atoms with E-state index in [4.69, 9.17) is 4.74 Å². The first kappa shape index (κ1) is 18.0. The topological polar surface area (TPSA) is 82.7 Å². The highest BCUT2D eigenvalue weighted by molar-refractivity contribution is 5.99. The number of amides is 2. The molecule has 7 heteroatoms. The Labute approximate surface area is 141 Å². The number of H-pyrrole nitrogens is 1. The zero-order valence-corrected chi connectivity index (χ0v) is 14.9. The molecule has 0 bridgehead atoms. The van der Waals surface area contributed by atoms with Gasteiger partial charge in [-0.2, -0.15) is 0 Å². The summed E-state index contributed by atoms with van der Waals surface area (Å²) in [6, 6.07) is 1.43. The Bertz CT molecular complexity index is 645. The van der Waals surface area contributed by atoms with Gasteiger partial charge in [0.2, 0.25) is 0 Å². The SMILES string of the molecule is CC(=O)c1c[nH]c(C(=O)N2CCN(C(=O)OC(C)(C)C)C[C@@H]2C)c1. The molecule has 1 aromatic heterocycles. The van der Waals surface area contributed by atoms with Gasteiger partial charge in [0, 0.05) is 37.4 Å². The number of hydrogen-bond acceptors (Lipinski definition) is 4. The Morgan fingerprint density at radius 2 is 1.92 bits per heavy atom. The predicted molar refractivity (Wildman–Crippen MR) is 89.1 cm³/mol. The van der Waals surface area contributed by atoms with Crippen LogP contribution in [0.4, 0.5) is 4.79 Å². The molecular formula is C17H25N3O4. The average molecular weight is 335 g/mol. The maximum Gasteiger partial charge on any atom is 0.410 e. The average Bonchev–Trinajstić information content (AvgIpc) is 2.94. The summed E-state index contributed by atoms with van der Waals surface area (Å²) in [5.74, 6) is -0.257. The van der Waals surface area contributed by atoms with Crippen molar-refractivity contribution in [1.82, 2.24) is 14.8 Å². The summed E-state index contributed by atoms with van der Waals surface area (Å²) in [5, 5.41) is 0. The molecule has 1 saturated heterocycles. The fourth-order valence-corrected chi connectivity index (χ4v) is 2.63. The number of aromatic nitrogens is 1. The number of rotatable bonds is 2. The van der Waals surface area contributed by atoms with Gasteiger partial charge in [-0.25, -0.2) is 4.79 Å². The summed E-state index contributed by atoms with van der Waals surface area (Å²) < 4.78 is 5.38. The van der Waals surface area contributed by atoms with E-state index >= 15 is 0 Å². The summed E-state index contributed by atoms with van der Waals surface area (Å²) in [6.45, 7) is 10.1. The largest absolute Gasteiger partial charge is 0.444 e. The third kappa shape index (κ3) is 4.15. The molecule has 2 heterocycles. The molecule has 2 amide bonds. The molecule has 0 unspecified atom stereocenters. The van der Waals surface area contributed by atoms with Gasteiger partial charge in [0.25, 0.3) is 5.91 Å². The minimum absolute atomic E-state index is 0.0897. The van der Waals surface area contributed by atoms with Crippen molar-refractivity contribution in [2.24, 2.45) is 0 Å². The molecular weight excluding hydrogens is 310 g/mol. The van der Waals surface area contributed by atoms with Crippen molar-refractivity contribution < 1.29 is 19.1 Å². The van der Waals surface area contributed by atoms with E-state index in [1.807, 2.05) is 27.7 Å². The van der Waals surface area contributed by atoms with Crippen LogP contribution in [0.25, 0.3) is 0 Å². The molecule has 0 aliphatic carbocycles. The molecule has 7 nitrogen and oxygen atoms in total. The highest BCUT2D eigenvalue weighted by atomic mass is 16.6. The van der Waals surface area contributed by atoms with Crippen LogP contribution in [0.15, 0.2) is 12.3 Å². The van der Waals surface area contributed by atoms with Crippen LogP contribution in [-0.2, 0) is 4.74 Å². The van der Waals surface area contributed by atoms with Crippen LogP contribution in [0.2, 0.25) is 0 Å². The van der Waals surface area contributed by atoms with Crippen LogP contribution in [0.5, 0.6) is 0 Å². The van der Waals surface area contributed by atoms with Gasteiger partial charge in [0.15, 0.2) is 5.78 Å². The number of Topliss-reactive ketones (excluding diaryl/α,β-unsaturated/α-hetero) is 1. The van der Waals surface area contributed by atoms with Gasteiger partial charge in [-0.15, -0.1) is 0 Å². The lowest BCUT2D eigenvalue weighted by atomic mass is 10.1. The standard InChI is InChI=1S/C17H25N3O4/c1-11-10-19(16(23)24-17(3,4)5)6-7-20(11)15(22)14-8-13(9-18-14)12(2)21/h8-9,11,18H,6-7,10H2,1-5H3/t11-/m0/s1. The van der Waals surface area contributed by atoms with E-state index in [0.29, 0.717) is 30.9 Å². The van der Waals surface area contributed by atoms with Crippen LogP contribution < -0.4 is 0 Å². The molecule has 1 atom stereocenters. The Hall–Kier alpha value is -2.31. The molecule has 1 N–H and O–H groups in total. The molecule has 0 spiro atoms. The Morgan fingerprint density at radius 3 is 2.42 bits per heavy atom. The van der Waals surface area contributed by atoms with Crippen LogP contribution in [0.1, 0.15) is 55.5 Å². The number of hydrogen-bond donors (Lipinski definition) is 1. The second-order valence-electron chi connectivity index (χ2n) is 7.13. The Balaban J connectivity index is 2.01.